The molecule has 7 heteroatoms. The fraction of sp³-hybridized carbons (Fsp3) is 0.500. The van der Waals surface area contributed by atoms with Crippen LogP contribution in [0.2, 0.25) is 0 Å². The van der Waals surface area contributed by atoms with Crippen molar-refractivity contribution in [2.45, 2.75) is 38.3 Å². The van der Waals surface area contributed by atoms with Gasteiger partial charge >= 0.3 is 5.97 Å². The minimum atomic E-state index is -0.820. The second kappa shape index (κ2) is 6.92. The summed E-state index contributed by atoms with van der Waals surface area (Å²) in [4.78, 5) is 34.7. The van der Waals surface area contributed by atoms with Crippen LogP contribution in [0.3, 0.4) is 0 Å². The third kappa shape index (κ3) is 4.94. The zero-order chi connectivity index (χ0) is 15.2. The van der Waals surface area contributed by atoms with E-state index in [-0.39, 0.29) is 30.7 Å². The van der Waals surface area contributed by atoms with E-state index in [0.717, 1.165) is 12.8 Å². The Labute approximate surface area is 122 Å². The predicted molar refractivity (Wildman–Crippen MR) is 72.4 cm³/mol. The second-order valence-electron chi connectivity index (χ2n) is 4.90. The van der Waals surface area contributed by atoms with Gasteiger partial charge in [-0.1, -0.05) is 0 Å². The second-order valence-corrected chi connectivity index (χ2v) is 4.90. The lowest BCUT2D eigenvalue weighted by Gasteiger charge is -2.13. The molecule has 0 unspecified atom stereocenters. The number of ether oxygens (including phenoxy) is 1. The molecule has 0 saturated heterocycles. The summed E-state index contributed by atoms with van der Waals surface area (Å²) in [5, 5.41) is 5.28. The van der Waals surface area contributed by atoms with Crippen LogP contribution in [0.15, 0.2) is 22.8 Å². The van der Waals surface area contributed by atoms with Gasteiger partial charge in [-0.3, -0.25) is 14.4 Å². The SMILES string of the molecule is C[C@H](OC(=O)CCNC(=O)c1ccco1)C(=O)NC1CC1. The van der Waals surface area contributed by atoms with E-state index in [1.807, 2.05) is 0 Å². The van der Waals surface area contributed by atoms with E-state index in [1.54, 1.807) is 6.07 Å². The van der Waals surface area contributed by atoms with Crippen molar-refractivity contribution < 1.29 is 23.5 Å². The number of amides is 2. The van der Waals surface area contributed by atoms with Crippen LogP contribution in [0.4, 0.5) is 0 Å². The van der Waals surface area contributed by atoms with Gasteiger partial charge in [0.05, 0.1) is 12.7 Å². The van der Waals surface area contributed by atoms with Gasteiger partial charge in [-0.15, -0.1) is 0 Å². The van der Waals surface area contributed by atoms with Gasteiger partial charge in [0.2, 0.25) is 0 Å². The molecule has 1 heterocycles. The van der Waals surface area contributed by atoms with Crippen LogP contribution in [-0.4, -0.2) is 36.5 Å². The van der Waals surface area contributed by atoms with Gasteiger partial charge in [-0.05, 0) is 31.9 Å². The molecule has 2 N–H and O–H groups in total. The van der Waals surface area contributed by atoms with Gasteiger partial charge in [-0.25, -0.2) is 0 Å². The number of carbonyl (C=O) groups is 3. The lowest BCUT2D eigenvalue weighted by molar-refractivity contribution is -0.154. The molecule has 0 bridgehead atoms. The standard InChI is InChI=1S/C14H18N2O5/c1-9(13(18)16-10-4-5-10)21-12(17)6-7-15-14(19)11-3-2-8-20-11/h2-3,8-10H,4-7H2,1H3,(H,15,19)(H,16,18)/t9-/m0/s1. The maximum atomic E-state index is 11.6. The maximum Gasteiger partial charge on any atom is 0.308 e. The van der Waals surface area contributed by atoms with E-state index in [9.17, 15) is 14.4 Å². The van der Waals surface area contributed by atoms with Crippen molar-refractivity contribution >= 4 is 17.8 Å². The summed E-state index contributed by atoms with van der Waals surface area (Å²) >= 11 is 0. The molecule has 21 heavy (non-hydrogen) atoms. The van der Waals surface area contributed by atoms with Gasteiger partial charge in [0, 0.05) is 12.6 Å². The Hall–Kier alpha value is -2.31. The van der Waals surface area contributed by atoms with Crippen LogP contribution in [0.5, 0.6) is 0 Å². The molecular formula is C14H18N2O5. The van der Waals surface area contributed by atoms with Crippen molar-refractivity contribution in [1.82, 2.24) is 10.6 Å². The number of hydrogen-bond donors (Lipinski definition) is 2. The van der Waals surface area contributed by atoms with Gasteiger partial charge in [-0.2, -0.15) is 0 Å². The highest BCUT2D eigenvalue weighted by Gasteiger charge is 2.27. The molecule has 1 aliphatic carbocycles. The Morgan fingerprint density at radius 1 is 1.43 bits per heavy atom. The molecule has 0 spiro atoms. The van der Waals surface area contributed by atoms with E-state index in [1.165, 1.54) is 19.3 Å². The van der Waals surface area contributed by atoms with Gasteiger partial charge in [0.15, 0.2) is 11.9 Å². The zero-order valence-corrected chi connectivity index (χ0v) is 11.8. The lowest BCUT2D eigenvalue weighted by Crippen LogP contribution is -2.37. The average Bonchev–Trinajstić information content (AvgIpc) is 3.07. The molecule has 1 atom stereocenters. The largest absolute Gasteiger partial charge is 0.459 e. The van der Waals surface area contributed by atoms with Gasteiger partial charge in [0.25, 0.3) is 11.8 Å². The summed E-state index contributed by atoms with van der Waals surface area (Å²) < 4.78 is 9.90. The third-order valence-electron chi connectivity index (χ3n) is 2.96. The van der Waals surface area contributed by atoms with Crippen molar-refractivity contribution in [3.63, 3.8) is 0 Å². The monoisotopic (exact) mass is 294 g/mol. The number of rotatable bonds is 7. The molecule has 1 aromatic rings. The Kier molecular flexibility index (Phi) is 4.97. The summed E-state index contributed by atoms with van der Waals surface area (Å²) in [6.45, 7) is 1.65. The molecular weight excluding hydrogens is 276 g/mol. The van der Waals surface area contributed by atoms with E-state index >= 15 is 0 Å². The van der Waals surface area contributed by atoms with Crippen LogP contribution in [0.1, 0.15) is 36.7 Å². The topological polar surface area (TPSA) is 97.6 Å². The maximum absolute atomic E-state index is 11.6. The molecule has 2 amide bonds. The third-order valence-corrected chi connectivity index (χ3v) is 2.96. The highest BCUT2D eigenvalue weighted by atomic mass is 16.5. The first-order valence-electron chi connectivity index (χ1n) is 6.88. The summed E-state index contributed by atoms with van der Waals surface area (Å²) in [6, 6.07) is 3.35. The predicted octanol–water partition coefficient (Wildman–Crippen LogP) is 0.610. The number of furan rings is 1. The molecule has 1 saturated carbocycles. The average molecular weight is 294 g/mol. The normalized spacial score (nSPS) is 15.1. The summed E-state index contributed by atoms with van der Waals surface area (Å²) in [5.74, 6) is -1.04. The molecule has 0 aliphatic heterocycles. The summed E-state index contributed by atoms with van der Waals surface area (Å²) in [6.07, 6.45) is 2.52. The smallest absolute Gasteiger partial charge is 0.308 e. The molecule has 1 fully saturated rings. The van der Waals surface area contributed by atoms with Gasteiger partial charge < -0.3 is 19.8 Å². The van der Waals surface area contributed by atoms with Crippen molar-refractivity contribution in [2.75, 3.05) is 6.54 Å². The van der Waals surface area contributed by atoms with Crippen molar-refractivity contribution in [3.8, 4) is 0 Å². The van der Waals surface area contributed by atoms with E-state index < -0.39 is 18.0 Å². The summed E-state index contributed by atoms with van der Waals surface area (Å²) in [5.41, 5.74) is 0. The molecule has 114 valence electrons. The fourth-order valence-corrected chi connectivity index (χ4v) is 1.63. The van der Waals surface area contributed by atoms with Crippen molar-refractivity contribution in [3.05, 3.63) is 24.2 Å². The Morgan fingerprint density at radius 3 is 2.81 bits per heavy atom. The minimum absolute atomic E-state index is 0.00645. The number of nitrogens with one attached hydrogen (secondary N) is 2. The zero-order valence-electron chi connectivity index (χ0n) is 11.8. The Morgan fingerprint density at radius 2 is 2.19 bits per heavy atom. The van der Waals surface area contributed by atoms with E-state index in [0.29, 0.717) is 0 Å². The number of esters is 1. The van der Waals surface area contributed by atoms with Crippen LogP contribution < -0.4 is 10.6 Å². The Bertz CT molecular complexity index is 507. The van der Waals surface area contributed by atoms with Crippen LogP contribution >= 0.6 is 0 Å². The fourth-order valence-electron chi connectivity index (χ4n) is 1.63. The van der Waals surface area contributed by atoms with E-state index in [2.05, 4.69) is 10.6 Å². The van der Waals surface area contributed by atoms with Crippen molar-refractivity contribution in [2.24, 2.45) is 0 Å². The molecule has 0 aromatic carbocycles. The molecule has 0 radical (unpaired) electrons. The lowest BCUT2D eigenvalue weighted by atomic mass is 10.3. The van der Waals surface area contributed by atoms with Crippen LogP contribution in [0.25, 0.3) is 0 Å². The summed E-state index contributed by atoms with van der Waals surface area (Å²) in [7, 11) is 0. The molecule has 1 aliphatic rings. The van der Waals surface area contributed by atoms with Crippen LogP contribution in [0, 0.1) is 0 Å². The van der Waals surface area contributed by atoms with Crippen molar-refractivity contribution in [1.29, 1.82) is 0 Å². The molecule has 7 nitrogen and oxygen atoms in total. The minimum Gasteiger partial charge on any atom is -0.459 e. The van der Waals surface area contributed by atoms with Crippen LogP contribution in [-0.2, 0) is 14.3 Å². The first kappa shape index (κ1) is 15.1. The molecule has 1 aromatic heterocycles. The molecule has 2 rings (SSSR count). The highest BCUT2D eigenvalue weighted by molar-refractivity contribution is 5.91. The number of carbonyl (C=O) groups excluding carboxylic acids is 3. The quantitative estimate of drug-likeness (QED) is 0.718. The first-order valence-corrected chi connectivity index (χ1v) is 6.88. The first-order chi connectivity index (χ1) is 10.1. The van der Waals surface area contributed by atoms with Gasteiger partial charge in [0.1, 0.15) is 0 Å². The number of hydrogen-bond acceptors (Lipinski definition) is 5. The van der Waals surface area contributed by atoms with E-state index in [4.69, 9.17) is 9.15 Å². The Balaban J connectivity index is 1.62. The highest BCUT2D eigenvalue weighted by Crippen LogP contribution is 2.18.